The van der Waals surface area contributed by atoms with Crippen molar-refractivity contribution >= 4 is 17.2 Å². The van der Waals surface area contributed by atoms with Gasteiger partial charge in [0.2, 0.25) is 0 Å². The minimum Gasteiger partial charge on any atom is -0.376 e. The van der Waals surface area contributed by atoms with Crippen LogP contribution in [0, 0.1) is 6.92 Å². The Balaban J connectivity index is 1.66. The molecule has 122 valence electrons. The summed E-state index contributed by atoms with van der Waals surface area (Å²) in [6.07, 6.45) is 2.99. The number of carbonyl (C=O) groups excluding carboxylic acids is 1. The van der Waals surface area contributed by atoms with Crippen LogP contribution in [0.2, 0.25) is 0 Å². The number of amides is 1. The predicted molar refractivity (Wildman–Crippen MR) is 92.0 cm³/mol. The van der Waals surface area contributed by atoms with Gasteiger partial charge >= 0.3 is 0 Å². The largest absolute Gasteiger partial charge is 0.376 e. The van der Waals surface area contributed by atoms with Crippen molar-refractivity contribution in [2.45, 2.75) is 45.3 Å². The average Bonchev–Trinajstić information content (AvgIpc) is 3.18. The summed E-state index contributed by atoms with van der Waals surface area (Å²) < 4.78 is 5.64. The van der Waals surface area contributed by atoms with E-state index in [4.69, 9.17) is 4.74 Å². The summed E-state index contributed by atoms with van der Waals surface area (Å²) >= 11 is 1.48. The summed E-state index contributed by atoms with van der Waals surface area (Å²) in [5.74, 6) is -0.0395. The smallest absolute Gasteiger partial charge is 0.263 e. The van der Waals surface area contributed by atoms with Gasteiger partial charge in [0.1, 0.15) is 4.88 Å². The Hall–Kier alpha value is -1.72. The minimum atomic E-state index is -0.0395. The van der Waals surface area contributed by atoms with Crippen LogP contribution < -0.4 is 5.32 Å². The Labute approximate surface area is 140 Å². The molecular formula is C18H22N2O2S. The first-order chi connectivity index (χ1) is 11.1. The van der Waals surface area contributed by atoms with Crippen molar-refractivity contribution in [3.05, 3.63) is 51.5 Å². The van der Waals surface area contributed by atoms with E-state index in [1.807, 2.05) is 32.0 Å². The number of carbonyl (C=O) groups is 1. The van der Waals surface area contributed by atoms with Crippen molar-refractivity contribution in [1.29, 1.82) is 0 Å². The van der Waals surface area contributed by atoms with Crippen LogP contribution in [0.15, 0.2) is 30.3 Å². The summed E-state index contributed by atoms with van der Waals surface area (Å²) in [5, 5.41) is 4.04. The first-order valence-corrected chi connectivity index (χ1v) is 8.88. The quantitative estimate of drug-likeness (QED) is 0.915. The molecule has 2 aromatic rings. The van der Waals surface area contributed by atoms with Gasteiger partial charge in [-0.15, -0.1) is 11.3 Å². The number of aryl methyl sites for hydroxylation is 1. The van der Waals surface area contributed by atoms with Gasteiger partial charge in [0.05, 0.1) is 22.8 Å². The maximum Gasteiger partial charge on any atom is 0.263 e. The molecule has 1 aromatic heterocycles. The van der Waals surface area contributed by atoms with Crippen LogP contribution in [0.3, 0.4) is 0 Å². The zero-order valence-electron chi connectivity index (χ0n) is 13.5. The van der Waals surface area contributed by atoms with E-state index in [9.17, 15) is 4.79 Å². The zero-order valence-corrected chi connectivity index (χ0v) is 14.4. The fourth-order valence-corrected chi connectivity index (χ4v) is 3.87. The van der Waals surface area contributed by atoms with Gasteiger partial charge in [-0.25, -0.2) is 4.98 Å². The van der Waals surface area contributed by atoms with Crippen LogP contribution in [0.25, 0.3) is 0 Å². The lowest BCUT2D eigenvalue weighted by molar-refractivity contribution is 0.0714. The SMILES string of the molecule is Cc1nc(Cc2ccccc2)sc1C(=O)NC(C)C1CCCO1. The normalized spacial score (nSPS) is 18.8. The average molecular weight is 330 g/mol. The molecule has 3 rings (SSSR count). The Bertz CT molecular complexity index is 663. The number of nitrogens with zero attached hydrogens (tertiary/aromatic N) is 1. The number of benzene rings is 1. The van der Waals surface area contributed by atoms with E-state index >= 15 is 0 Å². The summed E-state index contributed by atoms with van der Waals surface area (Å²) in [6, 6.07) is 10.2. The maximum absolute atomic E-state index is 12.5. The molecule has 1 fully saturated rings. The molecule has 1 amide bonds. The molecule has 0 saturated carbocycles. The van der Waals surface area contributed by atoms with E-state index in [-0.39, 0.29) is 18.1 Å². The Morgan fingerprint density at radius 3 is 2.91 bits per heavy atom. The topological polar surface area (TPSA) is 51.2 Å². The van der Waals surface area contributed by atoms with Crippen LogP contribution >= 0.6 is 11.3 Å². The fourth-order valence-electron chi connectivity index (χ4n) is 2.87. The third-order valence-electron chi connectivity index (χ3n) is 4.13. The zero-order chi connectivity index (χ0) is 16.2. The number of hydrogen-bond acceptors (Lipinski definition) is 4. The van der Waals surface area contributed by atoms with Crippen molar-refractivity contribution in [3.8, 4) is 0 Å². The van der Waals surface area contributed by atoms with Crippen LogP contribution in [-0.4, -0.2) is 29.6 Å². The van der Waals surface area contributed by atoms with Gasteiger partial charge in [0.15, 0.2) is 0 Å². The second kappa shape index (κ2) is 7.23. The highest BCUT2D eigenvalue weighted by atomic mass is 32.1. The number of nitrogens with one attached hydrogen (secondary N) is 1. The molecule has 0 spiro atoms. The molecule has 23 heavy (non-hydrogen) atoms. The van der Waals surface area contributed by atoms with Gasteiger partial charge < -0.3 is 10.1 Å². The first-order valence-electron chi connectivity index (χ1n) is 8.06. The van der Waals surface area contributed by atoms with E-state index in [0.29, 0.717) is 4.88 Å². The predicted octanol–water partition coefficient (Wildman–Crippen LogP) is 3.34. The van der Waals surface area contributed by atoms with Crippen molar-refractivity contribution in [2.24, 2.45) is 0 Å². The van der Waals surface area contributed by atoms with E-state index in [1.165, 1.54) is 16.9 Å². The molecular weight excluding hydrogens is 308 g/mol. The number of rotatable bonds is 5. The summed E-state index contributed by atoms with van der Waals surface area (Å²) in [6.45, 7) is 4.71. The van der Waals surface area contributed by atoms with E-state index in [2.05, 4.69) is 22.4 Å². The molecule has 0 bridgehead atoms. The molecule has 0 radical (unpaired) electrons. The molecule has 2 atom stereocenters. The van der Waals surface area contributed by atoms with Gasteiger partial charge in [-0.1, -0.05) is 30.3 Å². The second-order valence-electron chi connectivity index (χ2n) is 6.00. The summed E-state index contributed by atoms with van der Waals surface area (Å²) in [7, 11) is 0. The van der Waals surface area contributed by atoms with Crippen molar-refractivity contribution in [2.75, 3.05) is 6.61 Å². The molecule has 1 aliphatic heterocycles. The molecule has 2 heterocycles. The highest BCUT2D eigenvalue weighted by Crippen LogP contribution is 2.22. The lowest BCUT2D eigenvalue weighted by Crippen LogP contribution is -2.40. The number of hydrogen-bond donors (Lipinski definition) is 1. The lowest BCUT2D eigenvalue weighted by Gasteiger charge is -2.19. The first kappa shape index (κ1) is 16.1. The van der Waals surface area contributed by atoms with E-state index < -0.39 is 0 Å². The van der Waals surface area contributed by atoms with Crippen LogP contribution in [0.4, 0.5) is 0 Å². The highest BCUT2D eigenvalue weighted by molar-refractivity contribution is 7.13. The van der Waals surface area contributed by atoms with Crippen LogP contribution in [0.1, 0.15) is 45.7 Å². The van der Waals surface area contributed by atoms with Gasteiger partial charge in [-0.3, -0.25) is 4.79 Å². The number of aromatic nitrogens is 1. The standard InChI is InChI=1S/C18H22N2O2S/c1-12(15-9-6-10-22-15)20-18(21)17-13(2)19-16(23-17)11-14-7-4-3-5-8-14/h3-5,7-8,12,15H,6,9-11H2,1-2H3,(H,20,21). The molecule has 1 saturated heterocycles. The Kier molecular flexibility index (Phi) is 5.08. The van der Waals surface area contributed by atoms with Gasteiger partial charge in [0.25, 0.3) is 5.91 Å². The third kappa shape index (κ3) is 3.98. The second-order valence-corrected chi connectivity index (χ2v) is 7.08. The Morgan fingerprint density at radius 2 is 2.22 bits per heavy atom. The molecule has 1 N–H and O–H groups in total. The van der Waals surface area contributed by atoms with Crippen molar-refractivity contribution in [1.82, 2.24) is 10.3 Å². The van der Waals surface area contributed by atoms with E-state index in [0.717, 1.165) is 36.6 Å². The third-order valence-corrected chi connectivity index (χ3v) is 5.28. The van der Waals surface area contributed by atoms with Crippen molar-refractivity contribution in [3.63, 3.8) is 0 Å². The maximum atomic E-state index is 12.5. The van der Waals surface area contributed by atoms with Gasteiger partial charge in [-0.2, -0.15) is 0 Å². The number of thiazole rings is 1. The lowest BCUT2D eigenvalue weighted by atomic mass is 10.1. The van der Waals surface area contributed by atoms with Crippen molar-refractivity contribution < 1.29 is 9.53 Å². The molecule has 0 aliphatic carbocycles. The summed E-state index contributed by atoms with van der Waals surface area (Å²) in [4.78, 5) is 17.8. The molecule has 1 aliphatic rings. The molecule has 1 aromatic carbocycles. The monoisotopic (exact) mass is 330 g/mol. The van der Waals surface area contributed by atoms with E-state index in [1.54, 1.807) is 0 Å². The van der Waals surface area contributed by atoms with Gasteiger partial charge in [-0.05, 0) is 32.3 Å². The highest BCUT2D eigenvalue weighted by Gasteiger charge is 2.25. The summed E-state index contributed by atoms with van der Waals surface area (Å²) in [5.41, 5.74) is 2.01. The minimum absolute atomic E-state index is 0.0315. The molecule has 4 nitrogen and oxygen atoms in total. The number of ether oxygens (including phenoxy) is 1. The molecule has 5 heteroatoms. The van der Waals surface area contributed by atoms with Crippen LogP contribution in [0.5, 0.6) is 0 Å². The van der Waals surface area contributed by atoms with Crippen LogP contribution in [-0.2, 0) is 11.2 Å². The molecule has 2 unspecified atom stereocenters. The Morgan fingerprint density at radius 1 is 1.43 bits per heavy atom. The fraction of sp³-hybridized carbons (Fsp3) is 0.444. The van der Waals surface area contributed by atoms with Gasteiger partial charge in [0, 0.05) is 13.0 Å².